The molecule has 2 aromatic rings. The van der Waals surface area contributed by atoms with Crippen molar-refractivity contribution in [1.82, 2.24) is 9.97 Å². The van der Waals surface area contributed by atoms with Gasteiger partial charge in [0.15, 0.2) is 17.3 Å². The van der Waals surface area contributed by atoms with Crippen LogP contribution in [-0.4, -0.2) is 9.97 Å². The fourth-order valence-corrected chi connectivity index (χ4v) is 2.08. The lowest BCUT2D eigenvalue weighted by Crippen LogP contribution is -2.03. The number of hydrogen-bond donors (Lipinski definition) is 0. The highest BCUT2D eigenvalue weighted by atomic mass is 79.9. The van der Waals surface area contributed by atoms with Gasteiger partial charge < -0.3 is 4.74 Å². The largest absolute Gasteiger partial charge is 0.451 e. The van der Waals surface area contributed by atoms with Crippen molar-refractivity contribution in [3.8, 4) is 11.5 Å². The highest BCUT2D eigenvalue weighted by Crippen LogP contribution is 2.29. The number of halogens is 3. The van der Waals surface area contributed by atoms with E-state index in [1.54, 1.807) is 6.07 Å². The van der Waals surface area contributed by atoms with E-state index in [4.69, 9.17) is 16.3 Å². The fraction of sp³-hybridized carbons (Fsp3) is 0.286. The first-order valence-electron chi connectivity index (χ1n) is 6.06. The minimum atomic E-state index is -0.465. The third-order valence-corrected chi connectivity index (χ3v) is 3.35. The van der Waals surface area contributed by atoms with Crippen LogP contribution in [0.25, 0.3) is 0 Å². The third-order valence-electron chi connectivity index (χ3n) is 2.60. The average molecular weight is 360 g/mol. The minimum Gasteiger partial charge on any atom is -0.451 e. The van der Waals surface area contributed by atoms with Crippen molar-refractivity contribution in [1.29, 1.82) is 0 Å². The van der Waals surface area contributed by atoms with Gasteiger partial charge in [-0.1, -0.05) is 29.8 Å². The Balaban J connectivity index is 2.33. The second-order valence-corrected chi connectivity index (χ2v) is 5.69. The topological polar surface area (TPSA) is 35.0 Å². The fourth-order valence-electron chi connectivity index (χ4n) is 1.56. The van der Waals surface area contributed by atoms with E-state index in [-0.39, 0.29) is 17.5 Å². The number of ether oxygens (including phenoxy) is 1. The number of hydrogen-bond acceptors (Lipinski definition) is 3. The van der Waals surface area contributed by atoms with Gasteiger partial charge in [-0.15, -0.1) is 11.6 Å². The van der Waals surface area contributed by atoms with Crippen molar-refractivity contribution in [2.24, 2.45) is 0 Å². The molecule has 0 atom stereocenters. The van der Waals surface area contributed by atoms with Crippen LogP contribution < -0.4 is 4.74 Å². The second-order valence-electron chi connectivity index (χ2n) is 4.50. The van der Waals surface area contributed by atoms with E-state index in [1.165, 1.54) is 18.3 Å². The summed E-state index contributed by atoms with van der Waals surface area (Å²) in [7, 11) is 0. The lowest BCUT2D eigenvalue weighted by atomic mass is 10.2. The van der Waals surface area contributed by atoms with Crippen LogP contribution in [0, 0.1) is 5.82 Å². The Labute approximate surface area is 130 Å². The van der Waals surface area contributed by atoms with Gasteiger partial charge in [0.2, 0.25) is 0 Å². The zero-order chi connectivity index (χ0) is 14.7. The number of nitrogens with zero attached hydrogens (tertiary/aromatic N) is 2. The third kappa shape index (κ3) is 3.46. The van der Waals surface area contributed by atoms with Crippen LogP contribution in [-0.2, 0) is 5.88 Å². The second kappa shape index (κ2) is 6.50. The molecule has 6 heteroatoms. The van der Waals surface area contributed by atoms with E-state index < -0.39 is 5.82 Å². The molecule has 1 aromatic heterocycles. The van der Waals surface area contributed by atoms with E-state index in [1.807, 2.05) is 13.8 Å². The molecule has 0 amide bonds. The Hall–Kier alpha value is -1.20. The van der Waals surface area contributed by atoms with E-state index >= 15 is 0 Å². The minimum absolute atomic E-state index is 0.112. The highest BCUT2D eigenvalue weighted by molar-refractivity contribution is 9.10. The lowest BCUT2D eigenvalue weighted by molar-refractivity contribution is 0.433. The quantitative estimate of drug-likeness (QED) is 0.718. The van der Waals surface area contributed by atoms with Gasteiger partial charge in [-0.3, -0.25) is 0 Å². The summed E-state index contributed by atoms with van der Waals surface area (Å²) in [6.45, 7) is 3.98. The molecule has 0 bridgehead atoms. The summed E-state index contributed by atoms with van der Waals surface area (Å²) in [6.07, 6.45) is 1.53. The summed E-state index contributed by atoms with van der Waals surface area (Å²) in [4.78, 5) is 8.54. The van der Waals surface area contributed by atoms with Crippen LogP contribution in [0.15, 0.2) is 28.9 Å². The van der Waals surface area contributed by atoms with Gasteiger partial charge in [0.1, 0.15) is 11.5 Å². The molecule has 1 aromatic carbocycles. The van der Waals surface area contributed by atoms with Gasteiger partial charge in [-0.05, 0) is 18.2 Å². The number of aromatic nitrogens is 2. The zero-order valence-corrected chi connectivity index (χ0v) is 13.4. The molecular weight excluding hydrogens is 347 g/mol. The molecule has 1 heterocycles. The molecule has 3 nitrogen and oxygen atoms in total. The van der Waals surface area contributed by atoms with E-state index in [0.717, 1.165) is 0 Å². The predicted octanol–water partition coefficient (Wildman–Crippen LogP) is 5.03. The molecule has 0 saturated heterocycles. The Kier molecular flexibility index (Phi) is 4.94. The van der Waals surface area contributed by atoms with Crippen molar-refractivity contribution < 1.29 is 9.13 Å². The van der Waals surface area contributed by atoms with E-state index in [0.29, 0.717) is 21.7 Å². The monoisotopic (exact) mass is 358 g/mol. The van der Waals surface area contributed by atoms with Crippen LogP contribution in [0.1, 0.15) is 31.3 Å². The SMILES string of the molecule is CC(C)c1ncc(Oc2ccc(Br)cc2F)c(CCl)n1. The molecule has 0 unspecified atom stereocenters. The van der Waals surface area contributed by atoms with Gasteiger partial charge in [-0.2, -0.15) is 0 Å². The van der Waals surface area contributed by atoms with Crippen molar-refractivity contribution in [3.63, 3.8) is 0 Å². The molecule has 20 heavy (non-hydrogen) atoms. The predicted molar refractivity (Wildman–Crippen MR) is 79.9 cm³/mol. The molecule has 2 rings (SSSR count). The number of benzene rings is 1. The van der Waals surface area contributed by atoms with Gasteiger partial charge in [0, 0.05) is 10.4 Å². The van der Waals surface area contributed by atoms with Crippen LogP contribution in [0.4, 0.5) is 4.39 Å². The summed E-state index contributed by atoms with van der Waals surface area (Å²) in [6, 6.07) is 4.56. The van der Waals surface area contributed by atoms with Gasteiger partial charge in [0.05, 0.1) is 12.1 Å². The lowest BCUT2D eigenvalue weighted by Gasteiger charge is -2.11. The van der Waals surface area contributed by atoms with Crippen LogP contribution in [0.3, 0.4) is 0 Å². The Morgan fingerprint density at radius 1 is 1.35 bits per heavy atom. The zero-order valence-electron chi connectivity index (χ0n) is 11.0. The Morgan fingerprint density at radius 3 is 2.70 bits per heavy atom. The smallest absolute Gasteiger partial charge is 0.168 e. The molecule has 0 aliphatic rings. The summed E-state index contributed by atoms with van der Waals surface area (Å²) in [5.74, 6) is 1.06. The first kappa shape index (κ1) is 15.2. The normalized spacial score (nSPS) is 10.9. The van der Waals surface area contributed by atoms with Gasteiger partial charge in [-0.25, -0.2) is 14.4 Å². The molecule has 0 N–H and O–H groups in total. The molecule has 0 radical (unpaired) electrons. The summed E-state index contributed by atoms with van der Waals surface area (Å²) in [5, 5.41) is 0. The summed E-state index contributed by atoms with van der Waals surface area (Å²) in [5.41, 5.74) is 0.549. The van der Waals surface area contributed by atoms with Gasteiger partial charge >= 0.3 is 0 Å². The molecule has 0 fully saturated rings. The number of rotatable bonds is 4. The molecular formula is C14H13BrClFN2O. The first-order chi connectivity index (χ1) is 9.51. The average Bonchev–Trinajstić information content (AvgIpc) is 2.42. The Bertz CT molecular complexity index is 622. The molecule has 0 aliphatic carbocycles. The summed E-state index contributed by atoms with van der Waals surface area (Å²) >= 11 is 9.06. The van der Waals surface area contributed by atoms with Crippen molar-refractivity contribution in [2.45, 2.75) is 25.6 Å². The van der Waals surface area contributed by atoms with E-state index in [9.17, 15) is 4.39 Å². The molecule has 0 aliphatic heterocycles. The van der Waals surface area contributed by atoms with Crippen LogP contribution >= 0.6 is 27.5 Å². The van der Waals surface area contributed by atoms with Crippen LogP contribution in [0.2, 0.25) is 0 Å². The highest BCUT2D eigenvalue weighted by Gasteiger charge is 2.13. The molecule has 0 saturated carbocycles. The Morgan fingerprint density at radius 2 is 2.10 bits per heavy atom. The number of alkyl halides is 1. The van der Waals surface area contributed by atoms with Crippen LogP contribution in [0.5, 0.6) is 11.5 Å². The van der Waals surface area contributed by atoms with Crippen molar-refractivity contribution in [3.05, 3.63) is 46.2 Å². The summed E-state index contributed by atoms with van der Waals surface area (Å²) < 4.78 is 19.9. The van der Waals surface area contributed by atoms with E-state index in [2.05, 4.69) is 25.9 Å². The first-order valence-corrected chi connectivity index (χ1v) is 7.38. The maximum Gasteiger partial charge on any atom is 0.168 e. The van der Waals surface area contributed by atoms with Crippen molar-refractivity contribution in [2.75, 3.05) is 0 Å². The van der Waals surface area contributed by atoms with Crippen molar-refractivity contribution >= 4 is 27.5 Å². The maximum atomic E-state index is 13.8. The standard InChI is InChI=1S/C14H13BrClFN2O/c1-8(2)14-18-7-13(11(6-16)19-14)20-12-4-3-9(15)5-10(12)17/h3-5,7-8H,6H2,1-2H3. The maximum absolute atomic E-state index is 13.8. The molecule has 106 valence electrons. The van der Waals surface area contributed by atoms with Gasteiger partial charge in [0.25, 0.3) is 0 Å². The molecule has 0 spiro atoms.